The van der Waals surface area contributed by atoms with Crippen LogP contribution >= 0.6 is 15.9 Å². The van der Waals surface area contributed by atoms with E-state index in [0.717, 1.165) is 22.5 Å². The summed E-state index contributed by atoms with van der Waals surface area (Å²) in [6.07, 6.45) is 3.45. The summed E-state index contributed by atoms with van der Waals surface area (Å²) in [5.41, 5.74) is 5.90. The van der Waals surface area contributed by atoms with Gasteiger partial charge >= 0.3 is 5.91 Å². The number of benzene rings is 2. The molecule has 6 nitrogen and oxygen atoms in total. The second-order valence-electron chi connectivity index (χ2n) is 5.88. The van der Waals surface area contributed by atoms with Gasteiger partial charge in [-0.1, -0.05) is 48.5 Å². The molecule has 0 fully saturated rings. The summed E-state index contributed by atoms with van der Waals surface area (Å²) in [5.74, 6) is -0.258. The molecule has 0 saturated carbocycles. The molecule has 7 heteroatoms. The van der Waals surface area contributed by atoms with Crippen molar-refractivity contribution in [2.45, 2.75) is 0 Å². The summed E-state index contributed by atoms with van der Waals surface area (Å²) >= 11 is 3.17. The van der Waals surface area contributed by atoms with Gasteiger partial charge in [-0.05, 0) is 40.2 Å². The van der Waals surface area contributed by atoms with Gasteiger partial charge in [0, 0.05) is 17.3 Å². The van der Waals surface area contributed by atoms with Crippen molar-refractivity contribution in [3.63, 3.8) is 0 Å². The van der Waals surface area contributed by atoms with E-state index in [9.17, 15) is 4.79 Å². The molecule has 0 aliphatic heterocycles. The minimum absolute atomic E-state index is 0.173. The Kier molecular flexibility index (Phi) is 5.16. The Bertz CT molecular complexity index is 1120. The molecule has 0 atom stereocenters. The van der Waals surface area contributed by atoms with Crippen molar-refractivity contribution in [1.82, 2.24) is 15.2 Å². The molecule has 4 rings (SSSR count). The number of amides is 1. The van der Waals surface area contributed by atoms with Crippen LogP contribution in [0.1, 0.15) is 16.1 Å². The Hall–Kier alpha value is -3.45. The van der Waals surface area contributed by atoms with Crippen LogP contribution in [0.2, 0.25) is 0 Å². The van der Waals surface area contributed by atoms with E-state index < -0.39 is 5.91 Å². The monoisotopic (exact) mass is 434 g/mol. The number of halogens is 1. The molecule has 0 unspecified atom stereocenters. The number of nitrogens with one attached hydrogen (secondary N) is 1. The van der Waals surface area contributed by atoms with E-state index in [1.54, 1.807) is 23.0 Å². The molecule has 0 bridgehead atoms. The van der Waals surface area contributed by atoms with Crippen molar-refractivity contribution >= 4 is 28.1 Å². The molecule has 0 aliphatic carbocycles. The molecule has 4 aromatic rings. The average molecular weight is 435 g/mol. The zero-order chi connectivity index (χ0) is 19.3. The summed E-state index contributed by atoms with van der Waals surface area (Å²) in [4.78, 5) is 12.1. The standard InChI is InChI=1S/C21H15BrN4O2/c22-19-12-11-18(28-19)21(27)24-23-13-16-14-26(17-9-5-2-6-10-17)25-20(16)15-7-3-1-4-8-15/h1-14H,(H,24,27)/b23-13+. The van der Waals surface area contributed by atoms with Crippen LogP contribution in [0.5, 0.6) is 0 Å². The number of hydrogen-bond donors (Lipinski definition) is 1. The summed E-state index contributed by atoms with van der Waals surface area (Å²) in [6, 6.07) is 22.8. The van der Waals surface area contributed by atoms with Crippen LogP contribution in [0.4, 0.5) is 0 Å². The summed E-state index contributed by atoms with van der Waals surface area (Å²) < 4.78 is 7.49. The van der Waals surface area contributed by atoms with Crippen LogP contribution in [-0.2, 0) is 0 Å². The molecular weight excluding hydrogens is 420 g/mol. The Balaban J connectivity index is 1.63. The molecule has 1 N–H and O–H groups in total. The van der Waals surface area contributed by atoms with Crippen molar-refractivity contribution in [1.29, 1.82) is 0 Å². The molecule has 0 spiro atoms. The van der Waals surface area contributed by atoms with Gasteiger partial charge in [-0.25, -0.2) is 10.1 Å². The fourth-order valence-electron chi connectivity index (χ4n) is 2.67. The van der Waals surface area contributed by atoms with Crippen molar-refractivity contribution in [3.05, 3.63) is 95.0 Å². The summed E-state index contributed by atoms with van der Waals surface area (Å²) in [6.45, 7) is 0. The number of furan rings is 1. The first-order valence-corrected chi connectivity index (χ1v) is 9.29. The molecule has 2 heterocycles. The first-order valence-electron chi connectivity index (χ1n) is 8.50. The minimum Gasteiger partial charge on any atom is -0.444 e. The van der Waals surface area contributed by atoms with E-state index in [-0.39, 0.29) is 5.76 Å². The van der Waals surface area contributed by atoms with E-state index in [4.69, 9.17) is 9.52 Å². The zero-order valence-corrected chi connectivity index (χ0v) is 16.2. The molecule has 1 amide bonds. The highest BCUT2D eigenvalue weighted by molar-refractivity contribution is 9.10. The Morgan fingerprint density at radius 1 is 1.04 bits per heavy atom. The third-order valence-electron chi connectivity index (χ3n) is 3.98. The predicted molar refractivity (Wildman–Crippen MR) is 110 cm³/mol. The van der Waals surface area contributed by atoms with E-state index in [2.05, 4.69) is 26.5 Å². The Labute approximate surface area is 169 Å². The maximum Gasteiger partial charge on any atom is 0.307 e. The first-order chi connectivity index (χ1) is 13.7. The third kappa shape index (κ3) is 3.94. The fraction of sp³-hybridized carbons (Fsp3) is 0. The van der Waals surface area contributed by atoms with Crippen LogP contribution < -0.4 is 5.43 Å². The topological polar surface area (TPSA) is 72.4 Å². The molecular formula is C21H15BrN4O2. The highest BCUT2D eigenvalue weighted by Crippen LogP contribution is 2.22. The minimum atomic E-state index is -0.432. The second-order valence-corrected chi connectivity index (χ2v) is 6.66. The lowest BCUT2D eigenvalue weighted by Crippen LogP contribution is -2.16. The average Bonchev–Trinajstić information content (AvgIpc) is 3.36. The van der Waals surface area contributed by atoms with Crippen LogP contribution in [0.15, 0.2) is 93.2 Å². The highest BCUT2D eigenvalue weighted by atomic mass is 79.9. The number of hydrogen-bond acceptors (Lipinski definition) is 4. The summed E-state index contributed by atoms with van der Waals surface area (Å²) in [5, 5.41) is 8.77. The van der Waals surface area contributed by atoms with Crippen LogP contribution in [-0.4, -0.2) is 21.9 Å². The van der Waals surface area contributed by atoms with Crippen molar-refractivity contribution < 1.29 is 9.21 Å². The Morgan fingerprint density at radius 2 is 1.75 bits per heavy atom. The number of rotatable bonds is 5. The Morgan fingerprint density at radius 3 is 2.43 bits per heavy atom. The van der Waals surface area contributed by atoms with E-state index in [1.165, 1.54) is 0 Å². The smallest absolute Gasteiger partial charge is 0.307 e. The maximum atomic E-state index is 12.1. The van der Waals surface area contributed by atoms with Gasteiger partial charge in [0.25, 0.3) is 0 Å². The highest BCUT2D eigenvalue weighted by Gasteiger charge is 2.12. The largest absolute Gasteiger partial charge is 0.444 e. The lowest BCUT2D eigenvalue weighted by atomic mass is 10.1. The molecule has 2 aromatic carbocycles. The number of carbonyl (C=O) groups is 1. The van der Waals surface area contributed by atoms with Gasteiger partial charge in [0.1, 0.15) is 5.69 Å². The first kappa shape index (κ1) is 17.9. The van der Waals surface area contributed by atoms with Crippen LogP contribution in [0, 0.1) is 0 Å². The van der Waals surface area contributed by atoms with Gasteiger partial charge in [-0.15, -0.1) is 0 Å². The van der Waals surface area contributed by atoms with E-state index in [0.29, 0.717) is 4.67 Å². The molecule has 0 radical (unpaired) electrons. The van der Waals surface area contributed by atoms with E-state index in [1.807, 2.05) is 66.9 Å². The molecule has 0 aliphatic rings. The zero-order valence-electron chi connectivity index (χ0n) is 14.6. The van der Waals surface area contributed by atoms with Crippen molar-refractivity contribution in [3.8, 4) is 16.9 Å². The normalized spacial score (nSPS) is 11.0. The SMILES string of the molecule is O=C(N/N=C/c1cn(-c2ccccc2)nc1-c1ccccc1)c1ccc(Br)o1. The number of nitrogens with zero attached hydrogens (tertiary/aromatic N) is 3. The van der Waals surface area contributed by atoms with Gasteiger partial charge in [-0.3, -0.25) is 4.79 Å². The lowest BCUT2D eigenvalue weighted by molar-refractivity contribution is 0.0926. The molecule has 28 heavy (non-hydrogen) atoms. The maximum absolute atomic E-state index is 12.1. The molecule has 138 valence electrons. The van der Waals surface area contributed by atoms with E-state index >= 15 is 0 Å². The third-order valence-corrected chi connectivity index (χ3v) is 4.40. The van der Waals surface area contributed by atoms with Gasteiger partial charge < -0.3 is 4.42 Å². The quantitative estimate of drug-likeness (QED) is 0.366. The van der Waals surface area contributed by atoms with Gasteiger partial charge in [0.05, 0.1) is 11.9 Å². The number of hydrazone groups is 1. The number of aromatic nitrogens is 2. The summed E-state index contributed by atoms with van der Waals surface area (Å²) in [7, 11) is 0. The predicted octanol–water partition coefficient (Wildman–Crippen LogP) is 4.66. The number of para-hydroxylation sites is 1. The molecule has 2 aromatic heterocycles. The van der Waals surface area contributed by atoms with Gasteiger partial charge in [0.15, 0.2) is 10.4 Å². The molecule has 0 saturated heterocycles. The van der Waals surface area contributed by atoms with Crippen LogP contribution in [0.3, 0.4) is 0 Å². The van der Waals surface area contributed by atoms with Crippen LogP contribution in [0.25, 0.3) is 16.9 Å². The number of carbonyl (C=O) groups excluding carboxylic acids is 1. The van der Waals surface area contributed by atoms with Crippen molar-refractivity contribution in [2.24, 2.45) is 5.10 Å². The van der Waals surface area contributed by atoms with Gasteiger partial charge in [-0.2, -0.15) is 10.2 Å². The van der Waals surface area contributed by atoms with Crippen molar-refractivity contribution in [2.75, 3.05) is 0 Å². The fourth-order valence-corrected chi connectivity index (χ4v) is 2.97. The lowest BCUT2D eigenvalue weighted by Gasteiger charge is -2.00. The second kappa shape index (κ2) is 8.06. The van der Waals surface area contributed by atoms with Gasteiger partial charge in [0.2, 0.25) is 0 Å².